The standard InChI is InChI=1S/C31H36N4O6P2/c1-36-24-14-22(16-26(40-42)30(24)38-3)20-6-8-28(32-18-20)34-10-5-11-35(13-12-34)29-9-7-21(19-33-29)23-15-25(37-2)31(39-4)27(17-23)41-43/h6-9,14-19H,5,10-13,42-43H2,1-4H3. The number of anilines is 2. The van der Waals surface area contributed by atoms with Crippen LogP contribution in [-0.4, -0.2) is 64.6 Å². The lowest BCUT2D eigenvalue weighted by atomic mass is 10.1. The van der Waals surface area contributed by atoms with Crippen LogP contribution in [0, 0.1) is 0 Å². The number of rotatable bonds is 10. The summed E-state index contributed by atoms with van der Waals surface area (Å²) in [6, 6.07) is 15.9. The Kier molecular flexibility index (Phi) is 9.90. The molecule has 0 spiro atoms. The van der Waals surface area contributed by atoms with Crippen molar-refractivity contribution in [1.82, 2.24) is 9.97 Å². The Labute approximate surface area is 256 Å². The van der Waals surface area contributed by atoms with Gasteiger partial charge in [0.05, 0.1) is 47.4 Å². The molecular weight excluding hydrogens is 586 g/mol. The van der Waals surface area contributed by atoms with Gasteiger partial charge in [-0.05, 0) is 66.1 Å². The molecule has 2 aromatic heterocycles. The summed E-state index contributed by atoms with van der Waals surface area (Å²) >= 11 is 0. The molecule has 2 aromatic carbocycles. The van der Waals surface area contributed by atoms with Crippen molar-refractivity contribution >= 4 is 30.6 Å². The molecule has 1 fully saturated rings. The predicted octanol–water partition coefficient (Wildman–Crippen LogP) is 5.90. The molecule has 12 heteroatoms. The van der Waals surface area contributed by atoms with Gasteiger partial charge in [-0.3, -0.25) is 0 Å². The summed E-state index contributed by atoms with van der Waals surface area (Å²) < 4.78 is 32.8. The zero-order valence-electron chi connectivity index (χ0n) is 24.7. The highest BCUT2D eigenvalue weighted by Gasteiger charge is 2.19. The molecule has 0 radical (unpaired) electrons. The number of hydrogen-bond donors (Lipinski definition) is 0. The minimum Gasteiger partial charge on any atom is -0.493 e. The molecule has 1 saturated heterocycles. The van der Waals surface area contributed by atoms with Gasteiger partial charge < -0.3 is 37.8 Å². The molecule has 2 atom stereocenters. The number of pyridine rings is 2. The number of benzene rings is 2. The monoisotopic (exact) mass is 622 g/mol. The zero-order valence-corrected chi connectivity index (χ0v) is 27.0. The summed E-state index contributed by atoms with van der Waals surface area (Å²) in [6.07, 6.45) is 4.75. The fraction of sp³-hybridized carbons (Fsp3) is 0.290. The molecular formula is C31H36N4O6P2. The maximum atomic E-state index is 5.51. The quantitative estimate of drug-likeness (QED) is 0.199. The average Bonchev–Trinajstić information content (AvgIpc) is 3.33. The van der Waals surface area contributed by atoms with Gasteiger partial charge in [-0.15, -0.1) is 0 Å². The van der Waals surface area contributed by atoms with Crippen molar-refractivity contribution in [3.05, 3.63) is 60.9 Å². The van der Waals surface area contributed by atoms with Crippen LogP contribution in [0.2, 0.25) is 0 Å². The molecule has 1 aliphatic rings. The molecule has 10 nitrogen and oxygen atoms in total. The van der Waals surface area contributed by atoms with E-state index in [1.54, 1.807) is 28.4 Å². The first kappa shape index (κ1) is 30.5. The van der Waals surface area contributed by atoms with Crippen molar-refractivity contribution in [2.75, 3.05) is 64.4 Å². The summed E-state index contributed by atoms with van der Waals surface area (Å²) in [5.41, 5.74) is 3.77. The molecule has 0 N–H and O–H groups in total. The maximum absolute atomic E-state index is 5.51. The lowest BCUT2D eigenvalue weighted by Crippen LogP contribution is -2.31. The van der Waals surface area contributed by atoms with E-state index < -0.39 is 0 Å². The van der Waals surface area contributed by atoms with Gasteiger partial charge in [0.2, 0.25) is 11.5 Å². The Hall–Kier alpha value is -4.00. The van der Waals surface area contributed by atoms with Gasteiger partial charge >= 0.3 is 0 Å². The van der Waals surface area contributed by atoms with Gasteiger partial charge in [-0.25, -0.2) is 9.97 Å². The fourth-order valence-electron chi connectivity index (χ4n) is 5.23. The largest absolute Gasteiger partial charge is 0.493 e. The number of ether oxygens (including phenoxy) is 4. The summed E-state index contributed by atoms with van der Waals surface area (Å²) in [5.74, 6) is 5.31. The Morgan fingerprint density at radius 1 is 0.535 bits per heavy atom. The van der Waals surface area contributed by atoms with Crippen LogP contribution in [0.25, 0.3) is 22.3 Å². The van der Waals surface area contributed by atoms with Crippen LogP contribution >= 0.6 is 18.9 Å². The molecule has 0 bridgehead atoms. The van der Waals surface area contributed by atoms with Gasteiger partial charge in [0.15, 0.2) is 23.0 Å². The van der Waals surface area contributed by atoms with Gasteiger partial charge in [0.1, 0.15) is 11.6 Å². The van der Waals surface area contributed by atoms with E-state index in [4.69, 9.17) is 38.0 Å². The average molecular weight is 623 g/mol. The van der Waals surface area contributed by atoms with Crippen LogP contribution in [0.4, 0.5) is 11.6 Å². The summed E-state index contributed by atoms with van der Waals surface area (Å²) in [6.45, 7) is 3.49. The molecule has 0 amide bonds. The SMILES string of the molecule is COc1cc(-c2ccc(N3CCCN(c4ccc(-c5cc(OC)c(OC)c(OP)c5)cn4)CC3)nc2)cc(OP)c1OC. The predicted molar refractivity (Wildman–Crippen MR) is 175 cm³/mol. The molecule has 1 aliphatic heterocycles. The molecule has 3 heterocycles. The van der Waals surface area contributed by atoms with Crippen molar-refractivity contribution in [2.45, 2.75) is 6.42 Å². The van der Waals surface area contributed by atoms with E-state index in [-0.39, 0.29) is 0 Å². The van der Waals surface area contributed by atoms with Crippen LogP contribution in [0.1, 0.15) is 6.42 Å². The normalized spacial score (nSPS) is 13.3. The van der Waals surface area contributed by atoms with Crippen molar-refractivity contribution < 1.29 is 28.0 Å². The molecule has 4 aromatic rings. The highest BCUT2D eigenvalue weighted by molar-refractivity contribution is 7.10. The third-order valence-corrected chi connectivity index (χ3v) is 7.96. The van der Waals surface area contributed by atoms with Gasteiger partial charge in [-0.2, -0.15) is 0 Å². The smallest absolute Gasteiger partial charge is 0.203 e. The minimum atomic E-state index is 0.546. The molecule has 0 saturated carbocycles. The maximum Gasteiger partial charge on any atom is 0.203 e. The Balaban J connectivity index is 1.27. The third-order valence-electron chi connectivity index (χ3n) is 7.45. The Bertz CT molecular complexity index is 1370. The summed E-state index contributed by atoms with van der Waals surface area (Å²) in [5, 5.41) is 0. The van der Waals surface area contributed by atoms with Crippen molar-refractivity contribution in [2.24, 2.45) is 0 Å². The Morgan fingerprint density at radius 3 is 1.28 bits per heavy atom. The van der Waals surface area contributed by atoms with E-state index in [1.807, 2.05) is 36.7 Å². The zero-order chi connectivity index (χ0) is 30.3. The number of aromatic nitrogens is 2. The highest BCUT2D eigenvalue weighted by atomic mass is 31.0. The van der Waals surface area contributed by atoms with Gasteiger partial charge in [0.25, 0.3) is 0 Å². The second-order valence-corrected chi connectivity index (χ2v) is 10.3. The second kappa shape index (κ2) is 14.0. The summed E-state index contributed by atoms with van der Waals surface area (Å²) in [7, 11) is 10.9. The number of hydrogen-bond acceptors (Lipinski definition) is 10. The fourth-order valence-corrected chi connectivity index (χ4v) is 5.58. The second-order valence-electron chi connectivity index (χ2n) is 9.79. The van der Waals surface area contributed by atoms with E-state index in [0.29, 0.717) is 34.5 Å². The van der Waals surface area contributed by atoms with Crippen LogP contribution in [0.3, 0.4) is 0 Å². The van der Waals surface area contributed by atoms with E-state index in [2.05, 4.69) is 53.0 Å². The van der Waals surface area contributed by atoms with E-state index in [1.165, 1.54) is 0 Å². The number of methoxy groups -OCH3 is 4. The highest BCUT2D eigenvalue weighted by Crippen LogP contribution is 2.43. The lowest BCUT2D eigenvalue weighted by molar-refractivity contribution is 0.346. The summed E-state index contributed by atoms with van der Waals surface area (Å²) in [4.78, 5) is 14.2. The van der Waals surface area contributed by atoms with Gasteiger partial charge in [0, 0.05) is 49.7 Å². The van der Waals surface area contributed by atoms with E-state index in [9.17, 15) is 0 Å². The van der Waals surface area contributed by atoms with Gasteiger partial charge in [-0.1, -0.05) is 0 Å². The van der Waals surface area contributed by atoms with Crippen molar-refractivity contribution in [3.8, 4) is 56.8 Å². The molecule has 43 heavy (non-hydrogen) atoms. The molecule has 226 valence electrons. The van der Waals surface area contributed by atoms with E-state index >= 15 is 0 Å². The molecule has 0 aliphatic carbocycles. The first-order valence-electron chi connectivity index (χ1n) is 13.7. The topological polar surface area (TPSA) is 87.6 Å². The van der Waals surface area contributed by atoms with E-state index in [0.717, 1.165) is 66.5 Å². The number of nitrogens with zero attached hydrogens (tertiary/aromatic N) is 4. The van der Waals surface area contributed by atoms with Crippen molar-refractivity contribution in [3.63, 3.8) is 0 Å². The lowest BCUT2D eigenvalue weighted by Gasteiger charge is -2.24. The van der Waals surface area contributed by atoms with Crippen LogP contribution in [-0.2, 0) is 0 Å². The third kappa shape index (κ3) is 6.51. The van der Waals surface area contributed by atoms with Crippen LogP contribution in [0.5, 0.6) is 34.5 Å². The van der Waals surface area contributed by atoms with Crippen molar-refractivity contribution in [1.29, 1.82) is 0 Å². The van der Waals surface area contributed by atoms with Crippen LogP contribution < -0.4 is 37.8 Å². The van der Waals surface area contributed by atoms with Crippen LogP contribution in [0.15, 0.2) is 60.9 Å². The first-order valence-corrected chi connectivity index (χ1v) is 14.7. The molecule has 5 rings (SSSR count). The first-order chi connectivity index (χ1) is 21.0. The Morgan fingerprint density at radius 2 is 0.953 bits per heavy atom. The minimum absolute atomic E-state index is 0.546. The molecule has 2 unspecified atom stereocenters.